The first-order valence-electron chi connectivity index (χ1n) is 6.35. The predicted octanol–water partition coefficient (Wildman–Crippen LogP) is 1.05. The molecule has 1 amide bonds. The minimum atomic E-state index is -0.0390. The Labute approximate surface area is 97.9 Å². The minimum Gasteiger partial charge on any atom is -0.372 e. The number of carbonyl (C=O) groups excluding carboxylic acids is 1. The molecule has 0 aliphatic heterocycles. The van der Waals surface area contributed by atoms with Crippen LogP contribution in [0.1, 0.15) is 39.0 Å². The molecule has 0 aromatic carbocycles. The van der Waals surface area contributed by atoms with E-state index in [0.717, 1.165) is 0 Å². The van der Waals surface area contributed by atoms with Crippen molar-refractivity contribution in [2.75, 3.05) is 19.8 Å². The Balaban J connectivity index is 2.32. The molecule has 4 nitrogen and oxygen atoms in total. The van der Waals surface area contributed by atoms with E-state index in [1.165, 1.54) is 32.1 Å². The fraction of sp³-hybridized carbons (Fsp3) is 0.917. The second-order valence-electron chi connectivity index (χ2n) is 4.44. The maximum Gasteiger partial charge on any atom is 0.246 e. The van der Waals surface area contributed by atoms with Gasteiger partial charge in [-0.2, -0.15) is 0 Å². The summed E-state index contributed by atoms with van der Waals surface area (Å²) in [6.45, 7) is 3.14. The summed E-state index contributed by atoms with van der Waals surface area (Å²) in [6.07, 6.45) is 6.24. The standard InChI is InChI=1S/C12H24N2O2/c1-2-16-9-12(15)14-11(8-13)10-6-4-3-5-7-10/h10-11H,2-9,13H2,1H3,(H,14,15). The molecule has 4 heteroatoms. The Morgan fingerprint density at radius 2 is 2.12 bits per heavy atom. The van der Waals surface area contributed by atoms with E-state index >= 15 is 0 Å². The molecular formula is C12H24N2O2. The van der Waals surface area contributed by atoms with E-state index in [9.17, 15) is 4.79 Å². The van der Waals surface area contributed by atoms with Crippen LogP contribution in [0.25, 0.3) is 0 Å². The van der Waals surface area contributed by atoms with Crippen molar-refractivity contribution in [3.63, 3.8) is 0 Å². The Morgan fingerprint density at radius 1 is 1.44 bits per heavy atom. The number of hydrogen-bond donors (Lipinski definition) is 2. The molecular weight excluding hydrogens is 204 g/mol. The molecule has 0 bridgehead atoms. The average Bonchev–Trinajstić information content (AvgIpc) is 2.34. The number of amides is 1. The number of carbonyl (C=O) groups is 1. The van der Waals surface area contributed by atoms with Gasteiger partial charge in [-0.1, -0.05) is 19.3 Å². The molecule has 0 saturated heterocycles. The van der Waals surface area contributed by atoms with Crippen molar-refractivity contribution >= 4 is 5.91 Å². The molecule has 1 atom stereocenters. The van der Waals surface area contributed by atoms with E-state index in [-0.39, 0.29) is 18.6 Å². The van der Waals surface area contributed by atoms with Crippen LogP contribution in [0.4, 0.5) is 0 Å². The molecule has 3 N–H and O–H groups in total. The lowest BCUT2D eigenvalue weighted by molar-refractivity contribution is -0.126. The van der Waals surface area contributed by atoms with Crippen LogP contribution in [-0.4, -0.2) is 31.7 Å². The van der Waals surface area contributed by atoms with Crippen molar-refractivity contribution < 1.29 is 9.53 Å². The SMILES string of the molecule is CCOCC(=O)NC(CN)C1CCCCC1. The Hall–Kier alpha value is -0.610. The van der Waals surface area contributed by atoms with Crippen molar-refractivity contribution in [2.45, 2.75) is 45.1 Å². The highest BCUT2D eigenvalue weighted by atomic mass is 16.5. The number of ether oxygens (including phenoxy) is 1. The molecule has 1 fully saturated rings. The van der Waals surface area contributed by atoms with Gasteiger partial charge >= 0.3 is 0 Å². The van der Waals surface area contributed by atoms with Gasteiger partial charge in [-0.25, -0.2) is 0 Å². The number of nitrogens with two attached hydrogens (primary N) is 1. The molecule has 0 radical (unpaired) electrons. The largest absolute Gasteiger partial charge is 0.372 e. The lowest BCUT2D eigenvalue weighted by atomic mass is 9.84. The third-order valence-electron chi connectivity index (χ3n) is 3.26. The van der Waals surface area contributed by atoms with Crippen LogP contribution >= 0.6 is 0 Å². The van der Waals surface area contributed by atoms with Crippen LogP contribution in [0.3, 0.4) is 0 Å². The van der Waals surface area contributed by atoms with Crippen LogP contribution < -0.4 is 11.1 Å². The molecule has 0 aromatic heterocycles. The van der Waals surface area contributed by atoms with Gasteiger partial charge in [-0.05, 0) is 25.7 Å². The summed E-state index contributed by atoms with van der Waals surface area (Å²) in [5.74, 6) is 0.521. The summed E-state index contributed by atoms with van der Waals surface area (Å²) in [4.78, 5) is 11.5. The van der Waals surface area contributed by atoms with E-state index in [2.05, 4.69) is 5.32 Å². The Bertz CT molecular complexity index is 203. The number of hydrogen-bond acceptors (Lipinski definition) is 3. The molecule has 94 valence electrons. The summed E-state index contributed by atoms with van der Waals surface area (Å²) in [5.41, 5.74) is 5.73. The van der Waals surface area contributed by atoms with E-state index in [1.807, 2.05) is 6.92 Å². The topological polar surface area (TPSA) is 64.3 Å². The lowest BCUT2D eigenvalue weighted by Gasteiger charge is -2.30. The van der Waals surface area contributed by atoms with Gasteiger partial charge in [0.05, 0.1) is 0 Å². The smallest absolute Gasteiger partial charge is 0.246 e. The third-order valence-corrected chi connectivity index (χ3v) is 3.26. The second kappa shape index (κ2) is 7.63. The lowest BCUT2D eigenvalue weighted by Crippen LogP contribution is -2.47. The predicted molar refractivity (Wildman–Crippen MR) is 64.1 cm³/mol. The second-order valence-corrected chi connectivity index (χ2v) is 4.44. The summed E-state index contributed by atoms with van der Waals surface area (Å²) >= 11 is 0. The summed E-state index contributed by atoms with van der Waals surface area (Å²) in [7, 11) is 0. The molecule has 0 heterocycles. The highest BCUT2D eigenvalue weighted by molar-refractivity contribution is 5.77. The fourth-order valence-electron chi connectivity index (χ4n) is 2.35. The number of nitrogens with one attached hydrogen (secondary N) is 1. The van der Waals surface area contributed by atoms with Gasteiger partial charge in [0.2, 0.25) is 5.91 Å². The average molecular weight is 228 g/mol. The highest BCUT2D eigenvalue weighted by Gasteiger charge is 2.23. The van der Waals surface area contributed by atoms with Gasteiger partial charge in [-0.3, -0.25) is 4.79 Å². The van der Waals surface area contributed by atoms with Crippen molar-refractivity contribution in [2.24, 2.45) is 11.7 Å². The Morgan fingerprint density at radius 3 is 2.69 bits per heavy atom. The first-order chi connectivity index (χ1) is 7.77. The fourth-order valence-corrected chi connectivity index (χ4v) is 2.35. The molecule has 0 aromatic rings. The Kier molecular flexibility index (Phi) is 6.42. The van der Waals surface area contributed by atoms with Gasteiger partial charge in [0.1, 0.15) is 6.61 Å². The van der Waals surface area contributed by atoms with Crippen molar-refractivity contribution in [1.82, 2.24) is 5.32 Å². The number of rotatable bonds is 6. The highest BCUT2D eigenvalue weighted by Crippen LogP contribution is 2.26. The molecule has 1 rings (SSSR count). The van der Waals surface area contributed by atoms with Crippen LogP contribution in [0.15, 0.2) is 0 Å². The van der Waals surface area contributed by atoms with E-state index < -0.39 is 0 Å². The zero-order valence-corrected chi connectivity index (χ0v) is 10.2. The van der Waals surface area contributed by atoms with Crippen LogP contribution in [0, 0.1) is 5.92 Å². The summed E-state index contributed by atoms with van der Waals surface area (Å²) in [6, 6.07) is 0.133. The van der Waals surface area contributed by atoms with Gasteiger partial charge < -0.3 is 15.8 Å². The zero-order valence-electron chi connectivity index (χ0n) is 10.2. The molecule has 1 saturated carbocycles. The molecule has 0 spiro atoms. The molecule has 1 aliphatic carbocycles. The third kappa shape index (κ3) is 4.49. The van der Waals surface area contributed by atoms with Crippen molar-refractivity contribution in [3.05, 3.63) is 0 Å². The minimum absolute atomic E-state index is 0.0390. The first kappa shape index (κ1) is 13.5. The molecule has 1 unspecified atom stereocenters. The van der Waals surface area contributed by atoms with Gasteiger partial charge in [-0.15, -0.1) is 0 Å². The molecule has 1 aliphatic rings. The van der Waals surface area contributed by atoms with Crippen LogP contribution in [0.2, 0.25) is 0 Å². The molecule has 16 heavy (non-hydrogen) atoms. The normalized spacial score (nSPS) is 19.4. The van der Waals surface area contributed by atoms with Gasteiger partial charge in [0.25, 0.3) is 0 Å². The quantitative estimate of drug-likeness (QED) is 0.714. The maximum absolute atomic E-state index is 11.5. The van der Waals surface area contributed by atoms with E-state index in [4.69, 9.17) is 10.5 Å². The summed E-state index contributed by atoms with van der Waals surface area (Å²) < 4.78 is 5.08. The van der Waals surface area contributed by atoms with Crippen LogP contribution in [-0.2, 0) is 9.53 Å². The van der Waals surface area contributed by atoms with Crippen molar-refractivity contribution in [1.29, 1.82) is 0 Å². The van der Waals surface area contributed by atoms with E-state index in [1.54, 1.807) is 0 Å². The monoisotopic (exact) mass is 228 g/mol. The zero-order chi connectivity index (χ0) is 11.8. The van der Waals surface area contributed by atoms with Gasteiger partial charge in [0.15, 0.2) is 0 Å². The van der Waals surface area contributed by atoms with Crippen molar-refractivity contribution in [3.8, 4) is 0 Å². The van der Waals surface area contributed by atoms with Crippen LogP contribution in [0.5, 0.6) is 0 Å². The van der Waals surface area contributed by atoms with Gasteiger partial charge in [0, 0.05) is 19.2 Å². The van der Waals surface area contributed by atoms with E-state index in [0.29, 0.717) is 19.1 Å². The maximum atomic E-state index is 11.5. The summed E-state index contributed by atoms with van der Waals surface area (Å²) in [5, 5.41) is 2.98. The first-order valence-corrected chi connectivity index (χ1v) is 6.35.